The zero-order valence-corrected chi connectivity index (χ0v) is 18.8. The normalized spacial score (nSPS) is 21.5. The molecule has 0 fully saturated rings. The van der Waals surface area contributed by atoms with Crippen molar-refractivity contribution in [1.82, 2.24) is 15.2 Å². The third-order valence-corrected chi connectivity index (χ3v) is 6.06. The Bertz CT molecular complexity index is 1200. The van der Waals surface area contributed by atoms with E-state index in [2.05, 4.69) is 20.5 Å². The van der Waals surface area contributed by atoms with E-state index in [4.69, 9.17) is 10.2 Å². The second-order valence-electron chi connectivity index (χ2n) is 8.72. The van der Waals surface area contributed by atoms with Crippen molar-refractivity contribution in [3.05, 3.63) is 53.4 Å². The summed E-state index contributed by atoms with van der Waals surface area (Å²) in [4.78, 5) is 3.96. The van der Waals surface area contributed by atoms with Crippen molar-refractivity contribution in [3.8, 4) is 11.6 Å². The van der Waals surface area contributed by atoms with Crippen molar-refractivity contribution in [2.45, 2.75) is 62.5 Å². The van der Waals surface area contributed by atoms with E-state index in [-0.39, 0.29) is 12.8 Å². The summed E-state index contributed by atoms with van der Waals surface area (Å²) in [6.07, 6.45) is -9.36. The predicted molar refractivity (Wildman–Crippen MR) is 118 cm³/mol. The molecule has 4 N–H and O–H groups in total. The number of aromatic nitrogens is 3. The molecule has 3 heterocycles. The molecule has 36 heavy (non-hydrogen) atoms. The summed E-state index contributed by atoms with van der Waals surface area (Å²) in [5.41, 5.74) is 1.12. The Morgan fingerprint density at radius 2 is 1.78 bits per heavy atom. The van der Waals surface area contributed by atoms with Gasteiger partial charge in [0.15, 0.2) is 5.69 Å². The van der Waals surface area contributed by atoms with Crippen LogP contribution in [0, 0.1) is 0 Å². The molecule has 0 saturated carbocycles. The lowest BCUT2D eigenvalue weighted by atomic mass is 9.93. The molecule has 0 amide bonds. The largest absolute Gasteiger partial charge is 0.426 e. The zero-order chi connectivity index (χ0) is 26.1. The highest BCUT2D eigenvalue weighted by Gasteiger charge is 2.58. The monoisotopic (exact) mass is 515 g/mol. The van der Waals surface area contributed by atoms with Crippen molar-refractivity contribution in [3.63, 3.8) is 0 Å². The van der Waals surface area contributed by atoms with Crippen LogP contribution in [0.2, 0.25) is 0 Å². The summed E-state index contributed by atoms with van der Waals surface area (Å²) in [6.45, 7) is 0. The van der Waals surface area contributed by atoms with Crippen LogP contribution in [0.4, 0.5) is 37.8 Å². The lowest BCUT2D eigenvalue weighted by molar-refractivity contribution is -0.277. The van der Waals surface area contributed by atoms with Crippen LogP contribution in [0.5, 0.6) is 0 Å². The quantitative estimate of drug-likeness (QED) is 0.388. The standard InChI is InChI=1S/C23H23F6N5O2/c24-22(25,26)15-12-16(30)17-19-33-34-20(36-19)21(35,23(27,28)29)10-6-2-5-9-14(31-18(15)32-17)11-13-7-3-1-4-8-13/h1,3-4,7-8,12,14,35H,2,5-6,9-11,30H2,(H,31,32)/t14?,21-/m1/s1. The average Bonchev–Trinajstić information content (AvgIpc) is 3.28. The van der Waals surface area contributed by atoms with Crippen LogP contribution in [0.15, 0.2) is 40.8 Å². The minimum Gasteiger partial charge on any atom is -0.416 e. The molecule has 4 bridgehead atoms. The number of anilines is 2. The Morgan fingerprint density at radius 1 is 1.06 bits per heavy atom. The van der Waals surface area contributed by atoms with Gasteiger partial charge in [-0.15, -0.1) is 10.2 Å². The van der Waals surface area contributed by atoms with Crippen molar-refractivity contribution < 1.29 is 35.9 Å². The summed E-state index contributed by atoms with van der Waals surface area (Å²) < 4.78 is 88.0. The maximum atomic E-state index is 13.8. The van der Waals surface area contributed by atoms with Crippen molar-refractivity contribution in [2.24, 2.45) is 0 Å². The van der Waals surface area contributed by atoms with Crippen molar-refractivity contribution in [2.75, 3.05) is 11.1 Å². The summed E-state index contributed by atoms with van der Waals surface area (Å²) >= 11 is 0. The van der Waals surface area contributed by atoms with Crippen LogP contribution < -0.4 is 11.1 Å². The fourth-order valence-electron chi connectivity index (χ4n) is 4.15. The lowest BCUT2D eigenvalue weighted by Gasteiger charge is -2.27. The van der Waals surface area contributed by atoms with Gasteiger partial charge >= 0.3 is 12.4 Å². The number of pyridine rings is 1. The van der Waals surface area contributed by atoms with Gasteiger partial charge in [0.05, 0.1) is 11.3 Å². The first-order valence-corrected chi connectivity index (χ1v) is 11.2. The van der Waals surface area contributed by atoms with Gasteiger partial charge in [0, 0.05) is 6.04 Å². The fraction of sp³-hybridized carbons (Fsp3) is 0.435. The van der Waals surface area contributed by atoms with E-state index >= 15 is 0 Å². The van der Waals surface area contributed by atoms with Gasteiger partial charge in [-0.1, -0.05) is 43.2 Å². The third kappa shape index (κ3) is 5.25. The van der Waals surface area contributed by atoms with E-state index in [1.807, 2.05) is 12.1 Å². The van der Waals surface area contributed by atoms with E-state index < -0.39 is 65.0 Å². The first-order valence-electron chi connectivity index (χ1n) is 11.2. The SMILES string of the molecule is Nc1cc(C(F)(F)F)c2nc1-c1nnc(o1)[C@@](O)(C(F)(F)F)CCCCCC(Cc1ccccc1)N2. The van der Waals surface area contributed by atoms with Gasteiger partial charge < -0.3 is 20.6 Å². The molecule has 2 atom stereocenters. The van der Waals surface area contributed by atoms with Gasteiger partial charge in [-0.05, 0) is 37.3 Å². The van der Waals surface area contributed by atoms with Gasteiger partial charge in [-0.3, -0.25) is 0 Å². The third-order valence-electron chi connectivity index (χ3n) is 6.06. The highest BCUT2D eigenvalue weighted by Crippen LogP contribution is 2.44. The number of fused-ring (bicyclic) bond motifs is 5. The van der Waals surface area contributed by atoms with E-state index in [1.165, 1.54) is 0 Å². The van der Waals surface area contributed by atoms with Crippen LogP contribution >= 0.6 is 0 Å². The minimum atomic E-state index is -5.13. The molecular formula is C23H23F6N5O2. The van der Waals surface area contributed by atoms with E-state index in [0.29, 0.717) is 25.3 Å². The fourth-order valence-corrected chi connectivity index (χ4v) is 4.15. The molecule has 13 heteroatoms. The first-order chi connectivity index (χ1) is 16.9. The molecule has 194 valence electrons. The second kappa shape index (κ2) is 9.60. The average molecular weight is 515 g/mol. The maximum absolute atomic E-state index is 13.8. The predicted octanol–water partition coefficient (Wildman–Crippen LogP) is 5.47. The molecule has 1 aromatic carbocycles. The number of nitrogens with one attached hydrogen (secondary N) is 1. The van der Waals surface area contributed by atoms with Crippen LogP contribution in [0.3, 0.4) is 0 Å². The van der Waals surface area contributed by atoms with Crippen molar-refractivity contribution >= 4 is 11.5 Å². The number of rotatable bonds is 2. The number of benzene rings is 1. The summed E-state index contributed by atoms with van der Waals surface area (Å²) in [5.74, 6) is -2.33. The summed E-state index contributed by atoms with van der Waals surface area (Å²) in [7, 11) is 0. The molecule has 1 aliphatic rings. The molecule has 3 aromatic rings. The van der Waals surface area contributed by atoms with Gasteiger partial charge in [0.25, 0.3) is 11.8 Å². The van der Waals surface area contributed by atoms with Crippen molar-refractivity contribution in [1.29, 1.82) is 0 Å². The van der Waals surface area contributed by atoms with E-state index in [0.717, 1.165) is 5.56 Å². The number of hydrogen-bond donors (Lipinski definition) is 3. The van der Waals surface area contributed by atoms with Gasteiger partial charge in [0.1, 0.15) is 5.82 Å². The highest BCUT2D eigenvalue weighted by atomic mass is 19.4. The number of nitrogens with zero attached hydrogens (tertiary/aromatic N) is 3. The Hall–Kier alpha value is -3.35. The highest BCUT2D eigenvalue weighted by molar-refractivity contribution is 5.71. The molecule has 7 nitrogen and oxygen atoms in total. The van der Waals surface area contributed by atoms with E-state index in [1.54, 1.807) is 18.2 Å². The topological polar surface area (TPSA) is 110 Å². The van der Waals surface area contributed by atoms with Crippen LogP contribution in [0.25, 0.3) is 11.6 Å². The smallest absolute Gasteiger partial charge is 0.416 e. The van der Waals surface area contributed by atoms with Gasteiger partial charge in [0.2, 0.25) is 5.60 Å². The molecule has 0 aliphatic carbocycles. The zero-order valence-electron chi connectivity index (χ0n) is 18.8. The number of hydrogen-bond acceptors (Lipinski definition) is 7. The number of halogens is 6. The molecule has 0 radical (unpaired) electrons. The number of alkyl halides is 6. The summed E-state index contributed by atoms with van der Waals surface area (Å²) in [5, 5.41) is 20.2. The molecule has 0 spiro atoms. The Balaban J connectivity index is 1.82. The number of nitrogen functional groups attached to an aromatic ring is 1. The molecule has 4 rings (SSSR count). The molecule has 1 unspecified atom stereocenters. The Kier molecular flexibility index (Phi) is 6.86. The number of nitrogens with two attached hydrogens (primary N) is 1. The maximum Gasteiger partial charge on any atom is 0.426 e. The van der Waals surface area contributed by atoms with Gasteiger partial charge in [-0.2, -0.15) is 26.3 Å². The Labute approximate surface area is 201 Å². The van der Waals surface area contributed by atoms with Crippen LogP contribution in [-0.4, -0.2) is 32.5 Å². The van der Waals surface area contributed by atoms with Gasteiger partial charge in [-0.25, -0.2) is 4.98 Å². The molecule has 0 saturated heterocycles. The van der Waals surface area contributed by atoms with Crippen LogP contribution in [0.1, 0.15) is 49.1 Å². The number of aliphatic hydroxyl groups is 1. The van der Waals surface area contributed by atoms with E-state index in [9.17, 15) is 31.4 Å². The Morgan fingerprint density at radius 3 is 2.44 bits per heavy atom. The molecular weight excluding hydrogens is 492 g/mol. The molecule has 2 aromatic heterocycles. The second-order valence-corrected chi connectivity index (χ2v) is 8.72. The lowest BCUT2D eigenvalue weighted by Crippen LogP contribution is -2.42. The first kappa shape index (κ1) is 25.7. The summed E-state index contributed by atoms with van der Waals surface area (Å²) in [6, 6.07) is 9.14. The van der Waals surface area contributed by atoms with Crippen LogP contribution in [-0.2, 0) is 18.2 Å². The molecule has 1 aliphatic heterocycles. The minimum absolute atomic E-state index is 0.0364.